The minimum Gasteiger partial charge on any atom is -0.488 e. The molecule has 158 valence electrons. The summed E-state index contributed by atoms with van der Waals surface area (Å²) >= 11 is 0. The lowest BCUT2D eigenvalue weighted by atomic mass is 10.00. The first-order chi connectivity index (χ1) is 14.3. The number of nitrogens with two attached hydrogens (primary N) is 1. The molecule has 2 aromatic carbocycles. The molecule has 0 bridgehead atoms. The maximum Gasteiger partial charge on any atom is 0.319 e. The van der Waals surface area contributed by atoms with Gasteiger partial charge in [-0.15, -0.1) is 0 Å². The van der Waals surface area contributed by atoms with Gasteiger partial charge in [0.2, 0.25) is 5.91 Å². The molecule has 1 aliphatic rings. The van der Waals surface area contributed by atoms with Crippen LogP contribution in [0.2, 0.25) is 0 Å². The van der Waals surface area contributed by atoms with Crippen LogP contribution in [0.25, 0.3) is 0 Å². The van der Waals surface area contributed by atoms with Gasteiger partial charge in [0.15, 0.2) is 5.75 Å². The monoisotopic (exact) mass is 410 g/mol. The number of amides is 4. The number of hydrogen-bond donors (Lipinski definition) is 3. The van der Waals surface area contributed by atoms with Crippen molar-refractivity contribution in [3.63, 3.8) is 0 Å². The Bertz CT molecular complexity index is 958. The highest BCUT2D eigenvalue weighted by Crippen LogP contribution is 2.30. The van der Waals surface area contributed by atoms with Crippen molar-refractivity contribution in [1.82, 2.24) is 10.2 Å². The SMILES string of the molecule is CC(C)Oc1c(NC(=O)NCC(=O)N2CCc3ccccc3C2)cccc1C(N)=O. The third-order valence-corrected chi connectivity index (χ3v) is 4.77. The minimum atomic E-state index is -0.657. The highest BCUT2D eigenvalue weighted by molar-refractivity contribution is 6.00. The molecule has 2 aromatic rings. The Morgan fingerprint density at radius 2 is 1.83 bits per heavy atom. The van der Waals surface area contributed by atoms with Crippen LogP contribution in [0, 0.1) is 0 Å². The molecule has 0 aromatic heterocycles. The number of benzene rings is 2. The van der Waals surface area contributed by atoms with Gasteiger partial charge in [0.1, 0.15) is 0 Å². The summed E-state index contributed by atoms with van der Waals surface area (Å²) in [5.41, 5.74) is 8.26. The molecule has 0 spiro atoms. The van der Waals surface area contributed by atoms with Crippen LogP contribution in [-0.2, 0) is 17.8 Å². The van der Waals surface area contributed by atoms with Crippen molar-refractivity contribution >= 4 is 23.5 Å². The fourth-order valence-electron chi connectivity index (χ4n) is 3.33. The van der Waals surface area contributed by atoms with E-state index in [9.17, 15) is 14.4 Å². The molecule has 4 amide bonds. The molecule has 0 saturated carbocycles. The van der Waals surface area contributed by atoms with E-state index in [2.05, 4.69) is 16.7 Å². The summed E-state index contributed by atoms with van der Waals surface area (Å²) < 4.78 is 5.67. The number of para-hydroxylation sites is 1. The number of carbonyl (C=O) groups excluding carboxylic acids is 3. The van der Waals surface area contributed by atoms with Crippen LogP contribution in [0.15, 0.2) is 42.5 Å². The zero-order valence-corrected chi connectivity index (χ0v) is 17.1. The number of urea groups is 1. The summed E-state index contributed by atoms with van der Waals surface area (Å²) in [4.78, 5) is 38.3. The molecule has 0 aliphatic carbocycles. The molecule has 0 fully saturated rings. The van der Waals surface area contributed by atoms with Crippen molar-refractivity contribution in [2.45, 2.75) is 32.9 Å². The first-order valence-corrected chi connectivity index (χ1v) is 9.84. The minimum absolute atomic E-state index is 0.135. The smallest absolute Gasteiger partial charge is 0.319 e. The first-order valence-electron chi connectivity index (χ1n) is 9.84. The number of primary amides is 1. The average molecular weight is 410 g/mol. The van der Waals surface area contributed by atoms with Crippen molar-refractivity contribution in [2.24, 2.45) is 5.73 Å². The van der Waals surface area contributed by atoms with Crippen LogP contribution in [0.5, 0.6) is 5.75 Å². The van der Waals surface area contributed by atoms with Crippen LogP contribution in [0.1, 0.15) is 35.3 Å². The summed E-state index contributed by atoms with van der Waals surface area (Å²) in [5.74, 6) is -0.617. The van der Waals surface area contributed by atoms with E-state index in [1.54, 1.807) is 30.9 Å². The van der Waals surface area contributed by atoms with E-state index in [1.807, 2.05) is 18.2 Å². The highest BCUT2D eigenvalue weighted by atomic mass is 16.5. The largest absolute Gasteiger partial charge is 0.488 e. The standard InChI is InChI=1S/C22H26N4O4/c1-14(2)30-20-17(21(23)28)8-5-9-18(20)25-22(29)24-12-19(27)26-11-10-15-6-3-4-7-16(15)13-26/h3-9,14H,10-13H2,1-2H3,(H2,23,28)(H2,24,25,29). The predicted octanol–water partition coefficient (Wildman–Crippen LogP) is 2.28. The molecule has 0 radical (unpaired) electrons. The van der Waals surface area contributed by atoms with E-state index in [-0.39, 0.29) is 29.9 Å². The summed E-state index contributed by atoms with van der Waals surface area (Å²) in [5, 5.41) is 5.20. The van der Waals surface area contributed by atoms with Gasteiger partial charge in [0.05, 0.1) is 23.9 Å². The van der Waals surface area contributed by atoms with Crippen LogP contribution in [0.3, 0.4) is 0 Å². The van der Waals surface area contributed by atoms with Gasteiger partial charge >= 0.3 is 6.03 Å². The Balaban J connectivity index is 1.60. The molecule has 0 atom stereocenters. The van der Waals surface area contributed by atoms with Crippen molar-refractivity contribution in [2.75, 3.05) is 18.4 Å². The van der Waals surface area contributed by atoms with Gasteiger partial charge in [-0.25, -0.2) is 4.79 Å². The number of nitrogens with one attached hydrogen (secondary N) is 2. The van der Waals surface area contributed by atoms with E-state index >= 15 is 0 Å². The van der Waals surface area contributed by atoms with Crippen molar-refractivity contribution in [1.29, 1.82) is 0 Å². The molecular formula is C22H26N4O4. The van der Waals surface area contributed by atoms with Crippen molar-refractivity contribution in [3.05, 3.63) is 59.2 Å². The predicted molar refractivity (Wildman–Crippen MR) is 113 cm³/mol. The van der Waals surface area contributed by atoms with E-state index < -0.39 is 11.9 Å². The lowest BCUT2D eigenvalue weighted by Gasteiger charge is -2.29. The summed E-state index contributed by atoms with van der Waals surface area (Å²) in [6.45, 7) is 4.62. The maximum absolute atomic E-state index is 12.5. The van der Waals surface area contributed by atoms with E-state index in [0.717, 1.165) is 12.0 Å². The third kappa shape index (κ3) is 5.08. The Morgan fingerprint density at radius 1 is 1.10 bits per heavy atom. The molecule has 0 saturated heterocycles. The number of anilines is 1. The highest BCUT2D eigenvalue weighted by Gasteiger charge is 2.21. The topological polar surface area (TPSA) is 114 Å². The third-order valence-electron chi connectivity index (χ3n) is 4.77. The van der Waals surface area contributed by atoms with Crippen LogP contribution in [-0.4, -0.2) is 41.9 Å². The van der Waals surface area contributed by atoms with Gasteiger partial charge in [-0.2, -0.15) is 0 Å². The number of fused-ring (bicyclic) bond motifs is 1. The number of nitrogens with zero attached hydrogens (tertiary/aromatic N) is 1. The molecule has 30 heavy (non-hydrogen) atoms. The van der Waals surface area contributed by atoms with Gasteiger partial charge in [-0.1, -0.05) is 30.3 Å². The summed E-state index contributed by atoms with van der Waals surface area (Å²) in [6.07, 6.45) is 0.571. The van der Waals surface area contributed by atoms with Crippen LogP contribution in [0.4, 0.5) is 10.5 Å². The molecule has 1 heterocycles. The molecule has 8 heteroatoms. The van der Waals surface area contributed by atoms with Gasteiger partial charge in [-0.3, -0.25) is 9.59 Å². The fraction of sp³-hybridized carbons (Fsp3) is 0.318. The van der Waals surface area contributed by atoms with Gasteiger partial charge in [0.25, 0.3) is 5.91 Å². The lowest BCUT2D eigenvalue weighted by molar-refractivity contribution is -0.130. The maximum atomic E-state index is 12.5. The average Bonchev–Trinajstić information content (AvgIpc) is 2.72. The zero-order valence-electron chi connectivity index (χ0n) is 17.1. The van der Waals surface area contributed by atoms with E-state index in [4.69, 9.17) is 10.5 Å². The Kier molecular flexibility index (Phi) is 6.56. The van der Waals surface area contributed by atoms with E-state index in [1.165, 1.54) is 11.6 Å². The Hall–Kier alpha value is -3.55. The van der Waals surface area contributed by atoms with Gasteiger partial charge in [0, 0.05) is 13.1 Å². The molecule has 3 rings (SSSR count). The normalized spacial score (nSPS) is 12.8. The van der Waals surface area contributed by atoms with E-state index in [0.29, 0.717) is 18.8 Å². The number of carbonyl (C=O) groups is 3. The summed E-state index contributed by atoms with van der Waals surface area (Å²) in [6, 6.07) is 12.2. The van der Waals surface area contributed by atoms with Crippen molar-refractivity contribution in [3.8, 4) is 5.75 Å². The van der Waals surface area contributed by atoms with Gasteiger partial charge in [-0.05, 0) is 43.5 Å². The molecule has 0 unspecified atom stereocenters. The molecule has 8 nitrogen and oxygen atoms in total. The molecular weight excluding hydrogens is 384 g/mol. The Morgan fingerprint density at radius 3 is 2.53 bits per heavy atom. The second-order valence-electron chi connectivity index (χ2n) is 7.35. The van der Waals surface area contributed by atoms with Crippen LogP contribution >= 0.6 is 0 Å². The zero-order chi connectivity index (χ0) is 21.7. The number of hydrogen-bond acceptors (Lipinski definition) is 4. The summed E-state index contributed by atoms with van der Waals surface area (Å²) in [7, 11) is 0. The molecule has 1 aliphatic heterocycles. The van der Waals surface area contributed by atoms with Crippen molar-refractivity contribution < 1.29 is 19.1 Å². The first kappa shape index (κ1) is 21.2. The fourth-order valence-corrected chi connectivity index (χ4v) is 3.33. The number of rotatable bonds is 6. The quantitative estimate of drug-likeness (QED) is 0.678. The second-order valence-corrected chi connectivity index (χ2v) is 7.35. The number of ether oxygens (including phenoxy) is 1. The Labute approximate surface area is 175 Å². The molecule has 4 N–H and O–H groups in total. The van der Waals surface area contributed by atoms with Crippen LogP contribution < -0.4 is 21.1 Å². The van der Waals surface area contributed by atoms with Gasteiger partial charge < -0.3 is 26.0 Å². The second kappa shape index (κ2) is 9.30. The lowest BCUT2D eigenvalue weighted by Crippen LogP contribution is -2.43.